The van der Waals surface area contributed by atoms with Crippen molar-refractivity contribution in [3.8, 4) is 0 Å². The minimum absolute atomic E-state index is 0.00851. The van der Waals surface area contributed by atoms with Crippen LogP contribution in [0.15, 0.2) is 12.1 Å². The number of carboxylic acid groups (broad SMARTS) is 1. The lowest BCUT2D eigenvalue weighted by atomic mass is 9.84. The van der Waals surface area contributed by atoms with Crippen molar-refractivity contribution in [2.75, 3.05) is 13.1 Å². The Morgan fingerprint density at radius 1 is 1.48 bits per heavy atom. The minimum Gasteiger partial charge on any atom is -0.481 e. The molecule has 1 aromatic rings. The second-order valence-corrected chi connectivity index (χ2v) is 6.44. The van der Waals surface area contributed by atoms with E-state index < -0.39 is 17.2 Å². The number of carboxylic acids is 1. The van der Waals surface area contributed by atoms with Crippen LogP contribution in [-0.2, 0) is 4.79 Å². The van der Waals surface area contributed by atoms with E-state index in [0.717, 1.165) is 0 Å². The number of benzene rings is 1. The Labute approximate surface area is 133 Å². The van der Waals surface area contributed by atoms with Crippen molar-refractivity contribution in [1.29, 1.82) is 0 Å². The molecular weight excluding hydrogens is 316 g/mol. The molecule has 6 heteroatoms. The van der Waals surface area contributed by atoms with Crippen LogP contribution in [0.2, 0.25) is 10.0 Å². The first-order chi connectivity index (χ1) is 9.80. The van der Waals surface area contributed by atoms with Gasteiger partial charge in [0, 0.05) is 17.6 Å². The SMILES string of the molecule is CCC1(C(=O)O)CCN(C(C)c2cc(F)c(Cl)cc2Cl)C1. The van der Waals surface area contributed by atoms with Crippen LogP contribution >= 0.6 is 23.2 Å². The second kappa shape index (κ2) is 6.11. The van der Waals surface area contributed by atoms with Gasteiger partial charge in [-0.25, -0.2) is 4.39 Å². The van der Waals surface area contributed by atoms with Crippen molar-refractivity contribution in [2.24, 2.45) is 5.41 Å². The van der Waals surface area contributed by atoms with E-state index in [4.69, 9.17) is 23.2 Å². The maximum Gasteiger partial charge on any atom is 0.310 e. The molecule has 0 saturated carbocycles. The summed E-state index contributed by atoms with van der Waals surface area (Å²) in [5.41, 5.74) is -0.0815. The number of aliphatic carboxylic acids is 1. The van der Waals surface area contributed by atoms with E-state index >= 15 is 0 Å². The van der Waals surface area contributed by atoms with Crippen LogP contribution in [0.1, 0.15) is 38.3 Å². The highest BCUT2D eigenvalue weighted by Gasteiger charge is 2.44. The Kier molecular flexibility index (Phi) is 4.81. The summed E-state index contributed by atoms with van der Waals surface area (Å²) in [5, 5.41) is 9.83. The summed E-state index contributed by atoms with van der Waals surface area (Å²) in [4.78, 5) is 13.5. The lowest BCUT2D eigenvalue weighted by Gasteiger charge is -2.28. The molecule has 1 saturated heterocycles. The molecule has 1 aliphatic heterocycles. The third-order valence-electron chi connectivity index (χ3n) is 4.55. The van der Waals surface area contributed by atoms with Gasteiger partial charge in [-0.3, -0.25) is 9.69 Å². The summed E-state index contributed by atoms with van der Waals surface area (Å²) in [7, 11) is 0. The van der Waals surface area contributed by atoms with Gasteiger partial charge in [-0.05, 0) is 44.0 Å². The van der Waals surface area contributed by atoms with Gasteiger partial charge in [0.25, 0.3) is 0 Å². The average molecular weight is 334 g/mol. The molecule has 1 heterocycles. The molecule has 1 fully saturated rings. The predicted molar refractivity (Wildman–Crippen MR) is 81.4 cm³/mol. The van der Waals surface area contributed by atoms with Crippen LogP contribution in [-0.4, -0.2) is 29.1 Å². The third kappa shape index (κ3) is 3.03. The normalized spacial score (nSPS) is 24.2. The highest BCUT2D eigenvalue weighted by Crippen LogP contribution is 2.40. The van der Waals surface area contributed by atoms with Crippen LogP contribution < -0.4 is 0 Å². The highest BCUT2D eigenvalue weighted by atomic mass is 35.5. The largest absolute Gasteiger partial charge is 0.481 e. The zero-order valence-corrected chi connectivity index (χ0v) is 13.5. The van der Waals surface area contributed by atoms with Gasteiger partial charge in [-0.1, -0.05) is 30.1 Å². The first-order valence-electron chi connectivity index (χ1n) is 6.92. The summed E-state index contributed by atoms with van der Waals surface area (Å²) in [5.74, 6) is -1.28. The van der Waals surface area contributed by atoms with Gasteiger partial charge in [0.15, 0.2) is 0 Å². The first-order valence-corrected chi connectivity index (χ1v) is 7.68. The fourth-order valence-electron chi connectivity index (χ4n) is 2.90. The molecule has 2 unspecified atom stereocenters. The number of likely N-dealkylation sites (tertiary alicyclic amines) is 1. The smallest absolute Gasteiger partial charge is 0.310 e. The van der Waals surface area contributed by atoms with Crippen LogP contribution in [0.4, 0.5) is 4.39 Å². The number of hydrogen-bond acceptors (Lipinski definition) is 2. The average Bonchev–Trinajstić information content (AvgIpc) is 2.88. The number of hydrogen-bond donors (Lipinski definition) is 1. The summed E-state index contributed by atoms with van der Waals surface area (Å²) >= 11 is 11.9. The van der Waals surface area contributed by atoms with Crippen molar-refractivity contribution in [3.63, 3.8) is 0 Å². The summed E-state index contributed by atoms with van der Waals surface area (Å²) in [6.45, 7) is 4.89. The Morgan fingerprint density at radius 2 is 2.14 bits per heavy atom. The maximum absolute atomic E-state index is 13.6. The zero-order valence-electron chi connectivity index (χ0n) is 12.0. The van der Waals surface area contributed by atoms with Crippen molar-refractivity contribution in [3.05, 3.63) is 33.6 Å². The fourth-order valence-corrected chi connectivity index (χ4v) is 3.45. The van der Waals surface area contributed by atoms with Gasteiger partial charge in [0.1, 0.15) is 5.82 Å². The van der Waals surface area contributed by atoms with Crippen molar-refractivity contribution in [1.82, 2.24) is 4.90 Å². The van der Waals surface area contributed by atoms with Gasteiger partial charge < -0.3 is 5.11 Å². The van der Waals surface area contributed by atoms with Gasteiger partial charge in [-0.15, -0.1) is 0 Å². The van der Waals surface area contributed by atoms with Crippen molar-refractivity contribution < 1.29 is 14.3 Å². The molecule has 2 atom stereocenters. The zero-order chi connectivity index (χ0) is 15.8. The summed E-state index contributed by atoms with van der Waals surface area (Å²) in [6.07, 6.45) is 1.17. The molecule has 21 heavy (non-hydrogen) atoms. The standard InChI is InChI=1S/C15H18Cl2FNO2/c1-3-15(14(20)21)4-5-19(8-15)9(2)10-6-13(18)12(17)7-11(10)16/h6-7,9H,3-5,8H2,1-2H3,(H,20,21). The highest BCUT2D eigenvalue weighted by molar-refractivity contribution is 6.35. The van der Waals surface area contributed by atoms with E-state index in [0.29, 0.717) is 36.5 Å². The number of rotatable bonds is 4. The van der Waals surface area contributed by atoms with Crippen LogP contribution in [0.5, 0.6) is 0 Å². The molecule has 3 nitrogen and oxygen atoms in total. The predicted octanol–water partition coefficient (Wildman–Crippen LogP) is 4.38. The van der Waals surface area contributed by atoms with Crippen LogP contribution in [0.3, 0.4) is 0 Å². The summed E-state index contributed by atoms with van der Waals surface area (Å²) in [6, 6.07) is 2.57. The molecule has 1 aromatic carbocycles. The second-order valence-electron chi connectivity index (χ2n) is 5.62. The van der Waals surface area contributed by atoms with Gasteiger partial charge in [0.05, 0.1) is 10.4 Å². The molecule has 0 bridgehead atoms. The Hall–Kier alpha value is -0.840. The molecular formula is C15H18Cl2FNO2. The molecule has 1 aliphatic rings. The topological polar surface area (TPSA) is 40.5 Å². The molecule has 0 amide bonds. The molecule has 2 rings (SSSR count). The lowest BCUT2D eigenvalue weighted by molar-refractivity contribution is -0.148. The Balaban J connectivity index is 2.24. The Bertz CT molecular complexity index is 567. The van der Waals surface area contributed by atoms with E-state index in [1.54, 1.807) is 0 Å². The monoisotopic (exact) mass is 333 g/mol. The molecule has 1 N–H and O–H groups in total. The number of nitrogens with zero attached hydrogens (tertiary/aromatic N) is 1. The third-order valence-corrected chi connectivity index (χ3v) is 5.17. The van der Waals surface area contributed by atoms with Gasteiger partial charge >= 0.3 is 5.97 Å². The van der Waals surface area contributed by atoms with Crippen LogP contribution in [0.25, 0.3) is 0 Å². The first kappa shape index (κ1) is 16.5. The minimum atomic E-state index is -0.770. The molecule has 0 spiro atoms. The fraction of sp³-hybridized carbons (Fsp3) is 0.533. The lowest BCUT2D eigenvalue weighted by Crippen LogP contribution is -2.35. The van der Waals surface area contributed by atoms with Crippen molar-refractivity contribution in [2.45, 2.75) is 32.7 Å². The van der Waals surface area contributed by atoms with Crippen LogP contribution in [0, 0.1) is 11.2 Å². The Morgan fingerprint density at radius 3 is 2.67 bits per heavy atom. The number of halogens is 3. The van der Waals surface area contributed by atoms with E-state index in [1.165, 1.54) is 12.1 Å². The van der Waals surface area contributed by atoms with E-state index in [1.807, 2.05) is 18.7 Å². The van der Waals surface area contributed by atoms with E-state index in [9.17, 15) is 14.3 Å². The molecule has 0 radical (unpaired) electrons. The molecule has 0 aromatic heterocycles. The molecule has 0 aliphatic carbocycles. The number of carbonyl (C=O) groups is 1. The molecule has 116 valence electrons. The van der Waals surface area contributed by atoms with E-state index in [2.05, 4.69) is 0 Å². The maximum atomic E-state index is 13.6. The quantitative estimate of drug-likeness (QED) is 0.831. The van der Waals surface area contributed by atoms with Gasteiger partial charge in [-0.2, -0.15) is 0 Å². The van der Waals surface area contributed by atoms with Crippen molar-refractivity contribution >= 4 is 29.2 Å². The van der Waals surface area contributed by atoms with Gasteiger partial charge in [0.2, 0.25) is 0 Å². The summed E-state index contributed by atoms with van der Waals surface area (Å²) < 4.78 is 13.6. The van der Waals surface area contributed by atoms with E-state index in [-0.39, 0.29) is 11.1 Å².